The summed E-state index contributed by atoms with van der Waals surface area (Å²) < 4.78 is 0. The maximum absolute atomic E-state index is 12.9. The standard InChI is InChI=1S/C14H22N2O4S/c17-7-10-3-1-2-6-15(10)14(20)16-11(13(18)19)8-21-12(16)9-4-5-9/h9-12,17H,1-8H2,(H,18,19). The number of thioether (sulfide) groups is 1. The van der Waals surface area contributed by atoms with Gasteiger partial charge in [0, 0.05) is 12.3 Å². The first-order chi connectivity index (χ1) is 10.1. The van der Waals surface area contributed by atoms with Gasteiger partial charge in [-0.1, -0.05) is 0 Å². The van der Waals surface area contributed by atoms with Crippen molar-refractivity contribution >= 4 is 23.8 Å². The van der Waals surface area contributed by atoms with Gasteiger partial charge in [0.05, 0.1) is 18.0 Å². The first-order valence-electron chi connectivity index (χ1n) is 7.67. The van der Waals surface area contributed by atoms with E-state index in [1.807, 2.05) is 0 Å². The molecule has 2 heterocycles. The molecule has 3 aliphatic rings. The van der Waals surface area contributed by atoms with E-state index in [9.17, 15) is 19.8 Å². The van der Waals surface area contributed by atoms with E-state index in [1.165, 1.54) is 0 Å². The maximum Gasteiger partial charge on any atom is 0.327 e. The first-order valence-corrected chi connectivity index (χ1v) is 8.72. The van der Waals surface area contributed by atoms with Crippen LogP contribution in [0.15, 0.2) is 0 Å². The minimum atomic E-state index is -0.920. The summed E-state index contributed by atoms with van der Waals surface area (Å²) in [5.74, 6) is -0.00270. The fourth-order valence-electron chi connectivity index (χ4n) is 3.30. The fourth-order valence-corrected chi connectivity index (χ4v) is 4.92. The van der Waals surface area contributed by atoms with Crippen molar-refractivity contribution in [2.45, 2.75) is 49.6 Å². The topological polar surface area (TPSA) is 81.1 Å². The average molecular weight is 314 g/mol. The van der Waals surface area contributed by atoms with Crippen LogP contribution in [0.4, 0.5) is 4.79 Å². The normalized spacial score (nSPS) is 33.3. The molecule has 0 aromatic carbocycles. The van der Waals surface area contributed by atoms with Gasteiger partial charge in [-0.15, -0.1) is 11.8 Å². The van der Waals surface area contributed by atoms with Crippen LogP contribution in [0.1, 0.15) is 32.1 Å². The van der Waals surface area contributed by atoms with Crippen molar-refractivity contribution < 1.29 is 19.8 Å². The number of aliphatic carboxylic acids is 1. The largest absolute Gasteiger partial charge is 0.480 e. The molecule has 2 saturated heterocycles. The van der Waals surface area contributed by atoms with Gasteiger partial charge in [-0.25, -0.2) is 9.59 Å². The summed E-state index contributed by atoms with van der Waals surface area (Å²) in [7, 11) is 0. The molecule has 3 atom stereocenters. The van der Waals surface area contributed by atoms with Gasteiger partial charge >= 0.3 is 12.0 Å². The van der Waals surface area contributed by atoms with Crippen LogP contribution in [0.2, 0.25) is 0 Å². The number of aliphatic hydroxyl groups excluding tert-OH is 1. The van der Waals surface area contributed by atoms with Crippen LogP contribution < -0.4 is 0 Å². The van der Waals surface area contributed by atoms with E-state index in [2.05, 4.69) is 0 Å². The van der Waals surface area contributed by atoms with Crippen LogP contribution in [-0.4, -0.2) is 68.4 Å². The van der Waals surface area contributed by atoms with E-state index in [4.69, 9.17) is 0 Å². The van der Waals surface area contributed by atoms with Crippen LogP contribution in [0.5, 0.6) is 0 Å². The number of piperidine rings is 1. The van der Waals surface area contributed by atoms with Crippen molar-refractivity contribution in [1.29, 1.82) is 0 Å². The van der Waals surface area contributed by atoms with Crippen molar-refractivity contribution in [3.05, 3.63) is 0 Å². The Kier molecular flexibility index (Phi) is 4.31. The fraction of sp³-hybridized carbons (Fsp3) is 0.857. The Hall–Kier alpha value is -0.950. The number of hydrogen-bond donors (Lipinski definition) is 2. The number of carboxylic acid groups (broad SMARTS) is 1. The third kappa shape index (κ3) is 2.85. The lowest BCUT2D eigenvalue weighted by Gasteiger charge is -2.39. The molecular formula is C14H22N2O4S. The van der Waals surface area contributed by atoms with Crippen LogP contribution in [0.25, 0.3) is 0 Å². The highest BCUT2D eigenvalue weighted by Gasteiger charge is 2.49. The number of carboxylic acids is 1. The maximum atomic E-state index is 12.9. The monoisotopic (exact) mass is 314 g/mol. The molecule has 2 N–H and O–H groups in total. The molecule has 2 amide bonds. The van der Waals surface area contributed by atoms with Gasteiger partial charge in [-0.3, -0.25) is 4.90 Å². The molecule has 0 bridgehead atoms. The van der Waals surface area contributed by atoms with Gasteiger partial charge in [0.2, 0.25) is 0 Å². The quantitative estimate of drug-likeness (QED) is 0.818. The molecule has 1 saturated carbocycles. The Balaban J connectivity index is 1.79. The highest BCUT2D eigenvalue weighted by Crippen LogP contribution is 2.46. The minimum Gasteiger partial charge on any atom is -0.480 e. The van der Waals surface area contributed by atoms with Gasteiger partial charge in [-0.05, 0) is 38.0 Å². The molecule has 0 aromatic rings. The Morgan fingerprint density at radius 3 is 2.57 bits per heavy atom. The second kappa shape index (κ2) is 6.04. The number of likely N-dealkylation sites (tertiary alicyclic amines) is 1. The highest BCUT2D eigenvalue weighted by atomic mass is 32.2. The summed E-state index contributed by atoms with van der Waals surface area (Å²) in [6.07, 6.45) is 4.90. The van der Waals surface area contributed by atoms with Crippen molar-refractivity contribution in [3.63, 3.8) is 0 Å². The van der Waals surface area contributed by atoms with Gasteiger partial charge in [0.15, 0.2) is 0 Å². The zero-order chi connectivity index (χ0) is 15.0. The van der Waals surface area contributed by atoms with Crippen LogP contribution >= 0.6 is 11.8 Å². The van der Waals surface area contributed by atoms with E-state index < -0.39 is 12.0 Å². The molecule has 3 rings (SSSR count). The summed E-state index contributed by atoms with van der Waals surface area (Å²) in [5, 5.41) is 18.9. The van der Waals surface area contributed by atoms with Crippen LogP contribution in [0, 0.1) is 5.92 Å². The molecule has 118 valence electrons. The number of carbonyl (C=O) groups is 2. The predicted molar refractivity (Wildman–Crippen MR) is 79.1 cm³/mol. The zero-order valence-corrected chi connectivity index (χ0v) is 12.8. The van der Waals surface area contributed by atoms with Gasteiger partial charge in [0.25, 0.3) is 0 Å². The Bertz CT molecular complexity index is 429. The molecule has 6 nitrogen and oxygen atoms in total. The molecule has 2 aliphatic heterocycles. The summed E-state index contributed by atoms with van der Waals surface area (Å²) in [6.45, 7) is 0.577. The van der Waals surface area contributed by atoms with E-state index in [-0.39, 0.29) is 24.1 Å². The molecule has 0 aromatic heterocycles. The number of aliphatic hydroxyl groups is 1. The Morgan fingerprint density at radius 1 is 1.19 bits per heavy atom. The molecule has 3 fully saturated rings. The summed E-state index contributed by atoms with van der Waals surface area (Å²) >= 11 is 1.59. The summed E-state index contributed by atoms with van der Waals surface area (Å²) in [6, 6.07) is -1.08. The highest BCUT2D eigenvalue weighted by molar-refractivity contribution is 8.00. The number of rotatable bonds is 3. The molecular weight excluding hydrogens is 292 g/mol. The van der Waals surface area contributed by atoms with Crippen molar-refractivity contribution in [2.75, 3.05) is 18.9 Å². The molecule has 0 radical (unpaired) electrons. The van der Waals surface area contributed by atoms with Gasteiger partial charge in [0.1, 0.15) is 6.04 Å². The van der Waals surface area contributed by atoms with Crippen molar-refractivity contribution in [1.82, 2.24) is 9.80 Å². The zero-order valence-electron chi connectivity index (χ0n) is 12.0. The predicted octanol–water partition coefficient (Wildman–Crippen LogP) is 1.19. The van der Waals surface area contributed by atoms with E-state index in [0.717, 1.165) is 32.1 Å². The lowest BCUT2D eigenvalue weighted by Crippen LogP contribution is -2.56. The van der Waals surface area contributed by atoms with Crippen LogP contribution in [0.3, 0.4) is 0 Å². The lowest BCUT2D eigenvalue weighted by atomic mass is 10.0. The van der Waals surface area contributed by atoms with E-state index >= 15 is 0 Å². The molecule has 3 unspecified atom stereocenters. The average Bonchev–Trinajstić information content (AvgIpc) is 3.24. The Morgan fingerprint density at radius 2 is 1.95 bits per heavy atom. The SMILES string of the molecule is O=C(O)C1CSC(C2CC2)N1C(=O)N1CCCCC1CO. The van der Waals surface area contributed by atoms with Crippen molar-refractivity contribution in [2.24, 2.45) is 5.92 Å². The second-order valence-electron chi connectivity index (χ2n) is 6.13. The van der Waals surface area contributed by atoms with Gasteiger partial charge in [-0.2, -0.15) is 0 Å². The molecule has 0 spiro atoms. The lowest BCUT2D eigenvalue weighted by molar-refractivity contribution is -0.141. The smallest absolute Gasteiger partial charge is 0.327 e. The Labute approximate surface area is 128 Å². The van der Waals surface area contributed by atoms with Crippen molar-refractivity contribution in [3.8, 4) is 0 Å². The van der Waals surface area contributed by atoms with E-state index in [1.54, 1.807) is 21.6 Å². The minimum absolute atomic E-state index is 0.000121. The summed E-state index contributed by atoms with van der Waals surface area (Å²) in [5.41, 5.74) is 0. The number of carbonyl (C=O) groups excluding carboxylic acids is 1. The van der Waals surface area contributed by atoms with E-state index in [0.29, 0.717) is 18.2 Å². The first kappa shape index (κ1) is 15.0. The number of urea groups is 1. The number of hydrogen-bond acceptors (Lipinski definition) is 4. The molecule has 1 aliphatic carbocycles. The second-order valence-corrected chi connectivity index (χ2v) is 7.28. The van der Waals surface area contributed by atoms with Gasteiger partial charge < -0.3 is 15.1 Å². The molecule has 21 heavy (non-hydrogen) atoms. The number of amides is 2. The van der Waals surface area contributed by atoms with Crippen LogP contribution in [-0.2, 0) is 4.79 Å². The summed E-state index contributed by atoms with van der Waals surface area (Å²) in [4.78, 5) is 27.6. The third-order valence-electron chi connectivity index (χ3n) is 4.65. The third-order valence-corrected chi connectivity index (χ3v) is 6.11. The number of nitrogens with zero attached hydrogens (tertiary/aromatic N) is 2. The molecule has 7 heteroatoms.